The molecular formula is C21H26N2O2. The fourth-order valence-corrected chi connectivity index (χ4v) is 3.12. The van der Waals surface area contributed by atoms with E-state index in [1.165, 1.54) is 11.1 Å². The Labute approximate surface area is 149 Å². The van der Waals surface area contributed by atoms with Crippen LogP contribution in [-0.4, -0.2) is 36.6 Å². The fraction of sp³-hybridized carbons (Fsp3) is 0.381. The normalized spacial score (nSPS) is 17.0. The lowest BCUT2D eigenvalue weighted by molar-refractivity contribution is -0.119. The van der Waals surface area contributed by atoms with Crippen molar-refractivity contribution in [2.24, 2.45) is 0 Å². The lowest BCUT2D eigenvalue weighted by atomic mass is 10.1. The third-order valence-corrected chi connectivity index (χ3v) is 4.45. The summed E-state index contributed by atoms with van der Waals surface area (Å²) >= 11 is 0. The van der Waals surface area contributed by atoms with E-state index in [9.17, 15) is 4.79 Å². The van der Waals surface area contributed by atoms with Gasteiger partial charge in [0.15, 0.2) is 0 Å². The van der Waals surface area contributed by atoms with Crippen molar-refractivity contribution in [3.8, 4) is 0 Å². The molecule has 0 bridgehead atoms. The number of hydrogen-bond donors (Lipinski definition) is 1. The molecule has 132 valence electrons. The minimum absolute atomic E-state index is 0.142. The summed E-state index contributed by atoms with van der Waals surface area (Å²) in [6, 6.07) is 21.2. The number of hydrogen-bond acceptors (Lipinski definition) is 3. The molecule has 4 heteroatoms. The Morgan fingerprint density at radius 3 is 2.08 bits per heavy atom. The number of ether oxygens (including phenoxy) is 1. The van der Waals surface area contributed by atoms with Crippen LogP contribution in [0.3, 0.4) is 0 Å². The molecule has 1 N–H and O–H groups in total. The maximum atomic E-state index is 11.2. The Morgan fingerprint density at radius 2 is 1.56 bits per heavy atom. The van der Waals surface area contributed by atoms with E-state index in [2.05, 4.69) is 58.7 Å². The minimum Gasteiger partial charge on any atom is -0.378 e. The zero-order valence-electron chi connectivity index (χ0n) is 14.6. The molecule has 25 heavy (non-hydrogen) atoms. The molecule has 1 aliphatic heterocycles. The van der Waals surface area contributed by atoms with Crippen LogP contribution in [0.2, 0.25) is 0 Å². The van der Waals surface area contributed by atoms with Crippen LogP contribution >= 0.6 is 0 Å². The second kappa shape index (κ2) is 9.35. The van der Waals surface area contributed by atoms with Gasteiger partial charge in [-0.1, -0.05) is 60.7 Å². The Hall–Kier alpha value is -2.17. The number of carbonyl (C=O) groups is 1. The highest BCUT2D eigenvalue weighted by Crippen LogP contribution is 2.10. The van der Waals surface area contributed by atoms with Gasteiger partial charge in [-0.3, -0.25) is 9.69 Å². The van der Waals surface area contributed by atoms with Crippen LogP contribution < -0.4 is 5.32 Å². The molecule has 2 aromatic carbocycles. The largest absolute Gasteiger partial charge is 0.378 e. The molecule has 3 rings (SSSR count). The average Bonchev–Trinajstić information content (AvgIpc) is 3.06. The highest BCUT2D eigenvalue weighted by molar-refractivity contribution is 5.78. The van der Waals surface area contributed by atoms with Crippen LogP contribution in [0.25, 0.3) is 0 Å². The zero-order valence-corrected chi connectivity index (χ0v) is 14.6. The summed E-state index contributed by atoms with van der Waals surface area (Å²) in [7, 11) is 0. The van der Waals surface area contributed by atoms with Gasteiger partial charge in [-0.25, -0.2) is 0 Å². The predicted octanol–water partition coefficient (Wildman–Crippen LogP) is 2.98. The Bertz CT molecular complexity index is 604. The summed E-state index contributed by atoms with van der Waals surface area (Å²) in [6.07, 6.45) is 1.51. The Morgan fingerprint density at radius 1 is 0.960 bits per heavy atom. The molecule has 1 atom stereocenters. The number of carbonyl (C=O) groups excluding carboxylic acids is 1. The minimum atomic E-state index is 0.142. The van der Waals surface area contributed by atoms with Crippen LogP contribution in [0.5, 0.6) is 0 Å². The highest BCUT2D eigenvalue weighted by Gasteiger charge is 2.20. The van der Waals surface area contributed by atoms with Crippen molar-refractivity contribution in [1.29, 1.82) is 0 Å². The molecule has 2 aromatic rings. The van der Waals surface area contributed by atoms with Crippen LogP contribution in [0.4, 0.5) is 0 Å². The zero-order chi connectivity index (χ0) is 17.3. The van der Waals surface area contributed by atoms with Crippen LogP contribution in [-0.2, 0) is 22.6 Å². The van der Waals surface area contributed by atoms with Crippen LogP contribution in [0.1, 0.15) is 24.0 Å². The van der Waals surface area contributed by atoms with Crippen LogP contribution in [0.15, 0.2) is 60.7 Å². The molecule has 1 aliphatic rings. The van der Waals surface area contributed by atoms with Gasteiger partial charge in [-0.15, -0.1) is 0 Å². The first-order chi connectivity index (χ1) is 12.3. The van der Waals surface area contributed by atoms with Crippen LogP contribution in [0, 0.1) is 0 Å². The summed E-state index contributed by atoms with van der Waals surface area (Å²) in [4.78, 5) is 13.6. The molecule has 4 nitrogen and oxygen atoms in total. The molecule has 0 aliphatic carbocycles. The van der Waals surface area contributed by atoms with Crippen molar-refractivity contribution in [3.63, 3.8) is 0 Å². The molecule has 0 unspecified atom stereocenters. The molecule has 0 spiro atoms. The van der Waals surface area contributed by atoms with Crippen molar-refractivity contribution in [1.82, 2.24) is 10.2 Å². The van der Waals surface area contributed by atoms with Gasteiger partial charge in [-0.2, -0.15) is 0 Å². The topological polar surface area (TPSA) is 41.6 Å². The first kappa shape index (κ1) is 17.6. The summed E-state index contributed by atoms with van der Waals surface area (Å²) < 4.78 is 5.82. The first-order valence-electron chi connectivity index (χ1n) is 8.97. The second-order valence-corrected chi connectivity index (χ2v) is 6.56. The molecule has 1 amide bonds. The van der Waals surface area contributed by atoms with Crippen molar-refractivity contribution < 1.29 is 9.53 Å². The predicted molar refractivity (Wildman–Crippen MR) is 99.0 cm³/mol. The van der Waals surface area contributed by atoms with E-state index in [4.69, 9.17) is 4.74 Å². The van der Waals surface area contributed by atoms with Crippen molar-refractivity contribution in [2.75, 3.05) is 19.8 Å². The highest BCUT2D eigenvalue weighted by atomic mass is 16.5. The number of nitrogens with zero attached hydrogens (tertiary/aromatic N) is 1. The summed E-state index contributed by atoms with van der Waals surface area (Å²) in [5, 5.41) is 2.94. The molecule has 0 aromatic heterocycles. The monoisotopic (exact) mass is 338 g/mol. The third kappa shape index (κ3) is 6.00. The summed E-state index contributed by atoms with van der Waals surface area (Å²) in [5.74, 6) is 0.142. The second-order valence-electron chi connectivity index (χ2n) is 6.56. The number of rotatable bonds is 9. The van der Waals surface area contributed by atoms with E-state index < -0.39 is 0 Å². The molecule has 1 fully saturated rings. The summed E-state index contributed by atoms with van der Waals surface area (Å²) in [6.45, 7) is 3.95. The van der Waals surface area contributed by atoms with Gasteiger partial charge >= 0.3 is 0 Å². The molecule has 0 radical (unpaired) electrons. The lowest BCUT2D eigenvalue weighted by Gasteiger charge is -2.23. The molecular weight excluding hydrogens is 312 g/mol. The van der Waals surface area contributed by atoms with E-state index in [1.807, 2.05) is 12.1 Å². The molecule has 1 saturated heterocycles. The van der Waals surface area contributed by atoms with Gasteiger partial charge in [0.25, 0.3) is 0 Å². The SMILES string of the molecule is O=C1CC[C@@H](COCCN(Cc2ccccc2)Cc2ccccc2)N1. The maximum Gasteiger partial charge on any atom is 0.220 e. The van der Waals surface area contributed by atoms with Gasteiger partial charge in [0, 0.05) is 26.1 Å². The van der Waals surface area contributed by atoms with E-state index in [-0.39, 0.29) is 11.9 Å². The van der Waals surface area contributed by atoms with E-state index in [0.29, 0.717) is 19.6 Å². The molecule has 0 saturated carbocycles. The van der Waals surface area contributed by atoms with Gasteiger partial charge in [0.1, 0.15) is 0 Å². The van der Waals surface area contributed by atoms with Crippen molar-refractivity contribution in [3.05, 3.63) is 71.8 Å². The lowest BCUT2D eigenvalue weighted by Crippen LogP contribution is -2.32. The smallest absolute Gasteiger partial charge is 0.220 e. The number of nitrogens with one attached hydrogen (secondary N) is 1. The van der Waals surface area contributed by atoms with Gasteiger partial charge in [-0.05, 0) is 17.5 Å². The fourth-order valence-electron chi connectivity index (χ4n) is 3.12. The van der Waals surface area contributed by atoms with Gasteiger partial charge < -0.3 is 10.1 Å². The van der Waals surface area contributed by atoms with Crippen molar-refractivity contribution in [2.45, 2.75) is 32.0 Å². The maximum absolute atomic E-state index is 11.2. The Balaban J connectivity index is 1.49. The Kier molecular flexibility index (Phi) is 6.60. The van der Waals surface area contributed by atoms with E-state index >= 15 is 0 Å². The number of amides is 1. The van der Waals surface area contributed by atoms with Gasteiger partial charge in [0.2, 0.25) is 5.91 Å². The number of benzene rings is 2. The standard InChI is InChI=1S/C21H26N2O2/c24-21-12-11-20(22-21)17-25-14-13-23(15-18-7-3-1-4-8-18)16-19-9-5-2-6-10-19/h1-10,20H,11-17H2,(H,22,24)/t20-/m0/s1. The van der Waals surface area contributed by atoms with E-state index in [1.54, 1.807) is 0 Å². The average molecular weight is 338 g/mol. The van der Waals surface area contributed by atoms with Gasteiger partial charge in [0.05, 0.1) is 19.3 Å². The first-order valence-corrected chi connectivity index (χ1v) is 8.97. The van der Waals surface area contributed by atoms with Crippen molar-refractivity contribution >= 4 is 5.91 Å². The molecule has 1 heterocycles. The van der Waals surface area contributed by atoms with E-state index in [0.717, 1.165) is 26.1 Å². The summed E-state index contributed by atoms with van der Waals surface area (Å²) in [5.41, 5.74) is 2.61. The third-order valence-electron chi connectivity index (χ3n) is 4.45. The quantitative estimate of drug-likeness (QED) is 0.715.